The molecule has 4 nitrogen and oxygen atoms in total. The molecule has 2 saturated heterocycles. The van der Waals surface area contributed by atoms with Crippen LogP contribution in [0.5, 0.6) is 0 Å². The van der Waals surface area contributed by atoms with Gasteiger partial charge < -0.3 is 19.1 Å². The molecule has 0 amide bonds. The number of likely N-dealkylation sites (N-methyl/N-ethyl adjacent to an activating group) is 1. The van der Waals surface area contributed by atoms with Crippen LogP contribution in [0.1, 0.15) is 41.0 Å². The Bertz CT molecular complexity index is 528. The minimum Gasteiger partial charge on any atom is -0.399 e. The lowest BCUT2D eigenvalue weighted by molar-refractivity contribution is 0.00578. The molecule has 140 valence electrons. The van der Waals surface area contributed by atoms with Gasteiger partial charge in [0.2, 0.25) is 0 Å². The first-order chi connectivity index (χ1) is 11.7. The Morgan fingerprint density at radius 2 is 1.76 bits per heavy atom. The molecule has 0 aromatic heterocycles. The second-order valence-electron chi connectivity index (χ2n) is 9.09. The van der Waals surface area contributed by atoms with Crippen molar-refractivity contribution in [1.29, 1.82) is 0 Å². The summed E-state index contributed by atoms with van der Waals surface area (Å²) in [7, 11) is 1.99. The number of hydrogen-bond donors (Lipinski definition) is 0. The Morgan fingerprint density at radius 3 is 2.40 bits per heavy atom. The number of allylic oxidation sites excluding steroid dienone is 3. The average molecular weight is 346 g/mol. The van der Waals surface area contributed by atoms with E-state index in [2.05, 4.69) is 69.7 Å². The fourth-order valence-electron chi connectivity index (χ4n) is 3.84. The van der Waals surface area contributed by atoms with E-state index in [0.717, 1.165) is 6.54 Å². The maximum absolute atomic E-state index is 6.21. The molecule has 3 rings (SSSR count). The summed E-state index contributed by atoms with van der Waals surface area (Å²) in [6.07, 6.45) is 8.24. The Kier molecular flexibility index (Phi) is 5.50. The molecular weight excluding hydrogens is 311 g/mol. The molecule has 2 unspecified atom stereocenters. The van der Waals surface area contributed by atoms with Crippen molar-refractivity contribution in [1.82, 2.24) is 9.80 Å². The molecule has 0 saturated carbocycles. The molecule has 2 heterocycles. The molecule has 5 heteroatoms. The third-order valence-electron chi connectivity index (χ3n) is 6.47. The van der Waals surface area contributed by atoms with Gasteiger partial charge in [0.1, 0.15) is 0 Å². The fourth-order valence-corrected chi connectivity index (χ4v) is 3.84. The van der Waals surface area contributed by atoms with Crippen molar-refractivity contribution < 1.29 is 9.31 Å². The molecule has 3 aliphatic rings. The summed E-state index contributed by atoms with van der Waals surface area (Å²) in [4.78, 5) is 5.07. The van der Waals surface area contributed by atoms with Crippen LogP contribution in [0.3, 0.4) is 0 Å². The fraction of sp³-hybridized carbons (Fsp3) is 0.800. The van der Waals surface area contributed by atoms with Crippen LogP contribution in [0.4, 0.5) is 0 Å². The Hall–Kier alpha value is -0.615. The van der Waals surface area contributed by atoms with Gasteiger partial charge in [-0.25, -0.2) is 0 Å². The van der Waals surface area contributed by atoms with Gasteiger partial charge in [0.25, 0.3) is 0 Å². The third kappa shape index (κ3) is 4.21. The molecule has 0 spiro atoms. The number of rotatable bonds is 3. The molecule has 2 aliphatic heterocycles. The van der Waals surface area contributed by atoms with Crippen LogP contribution in [-0.4, -0.2) is 67.9 Å². The summed E-state index contributed by atoms with van der Waals surface area (Å²) in [5.41, 5.74) is 0.632. The van der Waals surface area contributed by atoms with Gasteiger partial charge in [0.15, 0.2) is 0 Å². The minimum atomic E-state index is -0.273. The maximum Gasteiger partial charge on any atom is 0.494 e. The summed E-state index contributed by atoms with van der Waals surface area (Å²) < 4.78 is 12.4. The Labute approximate surface area is 154 Å². The summed E-state index contributed by atoms with van der Waals surface area (Å²) in [6.45, 7) is 16.7. The van der Waals surface area contributed by atoms with Crippen LogP contribution >= 0.6 is 0 Å². The lowest BCUT2D eigenvalue weighted by atomic mass is 9.71. The molecule has 2 fully saturated rings. The first-order valence-electron chi connectivity index (χ1n) is 9.84. The molecule has 0 aromatic rings. The highest BCUT2D eigenvalue weighted by atomic mass is 16.7. The molecule has 0 radical (unpaired) electrons. The van der Waals surface area contributed by atoms with Crippen molar-refractivity contribution in [3.05, 3.63) is 23.7 Å². The monoisotopic (exact) mass is 346 g/mol. The van der Waals surface area contributed by atoms with Crippen LogP contribution in [-0.2, 0) is 9.31 Å². The van der Waals surface area contributed by atoms with Gasteiger partial charge >= 0.3 is 7.12 Å². The van der Waals surface area contributed by atoms with Crippen LogP contribution in [0.25, 0.3) is 0 Å². The van der Waals surface area contributed by atoms with Crippen molar-refractivity contribution in [3.63, 3.8) is 0 Å². The highest BCUT2D eigenvalue weighted by molar-refractivity contribution is 6.55. The van der Waals surface area contributed by atoms with Crippen LogP contribution in [0.15, 0.2) is 23.7 Å². The second kappa shape index (κ2) is 7.18. The standard InChI is InChI=1S/C20H35BN2O2/c1-16-14-18(21-24-19(2,3)20(4,5)25-21)9-8-17(16)15-23-11-7-10-22(6)12-13-23/h8-9,14,16-17H,7,10-13,15H2,1-6H3. The van der Waals surface area contributed by atoms with Crippen molar-refractivity contribution in [2.24, 2.45) is 11.8 Å². The van der Waals surface area contributed by atoms with Gasteiger partial charge in [0, 0.05) is 19.6 Å². The highest BCUT2D eigenvalue weighted by Gasteiger charge is 2.52. The van der Waals surface area contributed by atoms with Crippen LogP contribution < -0.4 is 0 Å². The summed E-state index contributed by atoms with van der Waals surface area (Å²) in [5, 5.41) is 0. The second-order valence-corrected chi connectivity index (χ2v) is 9.09. The average Bonchev–Trinajstić information content (AvgIpc) is 2.65. The zero-order chi connectivity index (χ0) is 18.2. The summed E-state index contributed by atoms with van der Waals surface area (Å²) >= 11 is 0. The van der Waals surface area contributed by atoms with Crippen molar-refractivity contribution in [2.75, 3.05) is 39.8 Å². The van der Waals surface area contributed by atoms with Crippen molar-refractivity contribution in [2.45, 2.75) is 52.2 Å². The molecular formula is C20H35BN2O2. The first-order valence-corrected chi connectivity index (χ1v) is 9.84. The van der Waals surface area contributed by atoms with E-state index in [1.54, 1.807) is 0 Å². The zero-order valence-electron chi connectivity index (χ0n) is 16.9. The maximum atomic E-state index is 6.21. The highest BCUT2D eigenvalue weighted by Crippen LogP contribution is 2.40. The molecule has 0 N–H and O–H groups in total. The van der Waals surface area contributed by atoms with E-state index in [9.17, 15) is 0 Å². The van der Waals surface area contributed by atoms with E-state index in [4.69, 9.17) is 9.31 Å². The van der Waals surface area contributed by atoms with Crippen molar-refractivity contribution >= 4 is 7.12 Å². The Morgan fingerprint density at radius 1 is 1.08 bits per heavy atom. The van der Waals surface area contributed by atoms with Gasteiger partial charge in [-0.05, 0) is 71.6 Å². The normalized spacial score (nSPS) is 33.4. The Balaban J connectivity index is 1.60. The summed E-state index contributed by atoms with van der Waals surface area (Å²) in [5.74, 6) is 1.09. The van der Waals surface area contributed by atoms with E-state index in [-0.39, 0.29) is 18.3 Å². The quantitative estimate of drug-likeness (QED) is 0.734. The van der Waals surface area contributed by atoms with Gasteiger partial charge in [-0.2, -0.15) is 0 Å². The summed E-state index contributed by atoms with van der Waals surface area (Å²) in [6, 6.07) is 0. The molecule has 0 aromatic carbocycles. The molecule has 1 aliphatic carbocycles. The predicted octanol–water partition coefficient (Wildman–Crippen LogP) is 3.00. The minimum absolute atomic E-state index is 0.239. The number of hydrogen-bond acceptors (Lipinski definition) is 4. The molecule has 0 bridgehead atoms. The van der Waals surface area contributed by atoms with E-state index in [1.165, 1.54) is 38.1 Å². The van der Waals surface area contributed by atoms with Crippen LogP contribution in [0, 0.1) is 11.8 Å². The van der Waals surface area contributed by atoms with Gasteiger partial charge in [-0.15, -0.1) is 0 Å². The third-order valence-corrected chi connectivity index (χ3v) is 6.47. The van der Waals surface area contributed by atoms with Gasteiger partial charge in [0.05, 0.1) is 11.2 Å². The molecule has 25 heavy (non-hydrogen) atoms. The number of nitrogens with zero attached hydrogens (tertiary/aromatic N) is 2. The van der Waals surface area contributed by atoms with E-state index < -0.39 is 0 Å². The predicted molar refractivity (Wildman–Crippen MR) is 105 cm³/mol. The van der Waals surface area contributed by atoms with Crippen molar-refractivity contribution in [3.8, 4) is 0 Å². The zero-order valence-corrected chi connectivity index (χ0v) is 16.9. The van der Waals surface area contributed by atoms with Crippen LogP contribution in [0.2, 0.25) is 0 Å². The lowest BCUT2D eigenvalue weighted by Gasteiger charge is -2.32. The largest absolute Gasteiger partial charge is 0.494 e. The van der Waals surface area contributed by atoms with E-state index in [0.29, 0.717) is 11.8 Å². The smallest absolute Gasteiger partial charge is 0.399 e. The lowest BCUT2D eigenvalue weighted by Crippen LogP contribution is -2.41. The van der Waals surface area contributed by atoms with Gasteiger partial charge in [-0.3, -0.25) is 0 Å². The first kappa shape index (κ1) is 19.2. The van der Waals surface area contributed by atoms with E-state index in [1.807, 2.05) is 0 Å². The molecule has 2 atom stereocenters. The topological polar surface area (TPSA) is 24.9 Å². The van der Waals surface area contributed by atoms with E-state index >= 15 is 0 Å². The SMILES string of the molecule is CC1C=C(B2OC(C)(C)C(C)(C)O2)C=CC1CN1CCCN(C)CC1. The van der Waals surface area contributed by atoms with Gasteiger partial charge in [-0.1, -0.05) is 25.2 Å².